The number of amides is 2. The molecule has 3 aromatic rings. The number of nitrogens with zero attached hydrogens (tertiary/aromatic N) is 4. The van der Waals surface area contributed by atoms with E-state index in [4.69, 9.17) is 4.99 Å². The summed E-state index contributed by atoms with van der Waals surface area (Å²) in [5, 5.41) is 1.13. The molecule has 2 saturated carbocycles. The minimum atomic E-state index is -0.586. The minimum absolute atomic E-state index is 0.163. The van der Waals surface area contributed by atoms with Gasteiger partial charge in [-0.2, -0.15) is 0 Å². The Labute approximate surface area is 217 Å². The van der Waals surface area contributed by atoms with Gasteiger partial charge in [0.1, 0.15) is 11.4 Å². The molecule has 4 aliphatic rings. The predicted octanol–water partition coefficient (Wildman–Crippen LogP) is 5.06. The Hall–Kier alpha value is -3.54. The van der Waals surface area contributed by atoms with Crippen molar-refractivity contribution >= 4 is 28.6 Å². The maximum Gasteiger partial charge on any atom is 0.256 e. The molecule has 188 valence electrons. The first-order valence-corrected chi connectivity index (χ1v) is 13.8. The quantitative estimate of drug-likeness (QED) is 0.500. The van der Waals surface area contributed by atoms with Crippen molar-refractivity contribution in [3.05, 3.63) is 66.4 Å². The van der Waals surface area contributed by atoms with E-state index in [9.17, 15) is 9.59 Å². The van der Waals surface area contributed by atoms with Crippen molar-refractivity contribution in [2.24, 2.45) is 16.8 Å². The van der Waals surface area contributed by atoms with E-state index in [1.54, 1.807) is 0 Å². The molecule has 37 heavy (non-hydrogen) atoms. The zero-order valence-electron chi connectivity index (χ0n) is 21.1. The van der Waals surface area contributed by atoms with Gasteiger partial charge in [0.15, 0.2) is 0 Å². The normalized spacial score (nSPS) is 22.9. The smallest absolute Gasteiger partial charge is 0.256 e. The van der Waals surface area contributed by atoms with Gasteiger partial charge in [-0.1, -0.05) is 55.3 Å². The van der Waals surface area contributed by atoms with E-state index >= 15 is 0 Å². The maximum absolute atomic E-state index is 13.8. The Balaban J connectivity index is 1.17. The van der Waals surface area contributed by atoms with Gasteiger partial charge in [0.2, 0.25) is 5.91 Å². The third kappa shape index (κ3) is 3.94. The lowest BCUT2D eigenvalue weighted by molar-refractivity contribution is -0.131. The van der Waals surface area contributed by atoms with E-state index in [0.29, 0.717) is 18.4 Å². The van der Waals surface area contributed by atoms with Gasteiger partial charge in [0.05, 0.1) is 5.52 Å². The molecule has 6 nitrogen and oxygen atoms in total. The number of hydrogen-bond acceptors (Lipinski definition) is 4. The Morgan fingerprint density at radius 2 is 1.73 bits per heavy atom. The highest BCUT2D eigenvalue weighted by atomic mass is 16.2. The second kappa shape index (κ2) is 8.79. The third-order valence-electron chi connectivity index (χ3n) is 8.71. The first-order valence-electron chi connectivity index (χ1n) is 13.8. The standard InChI is InChI=1S/C31H32N4O2/c36-29(24-12-13-24)34-18-14-21(19-34)20-35-28(33-31(30(35)37)15-1-2-16-31)23-10-8-22(9-11-23)25-5-3-7-27-26(25)6-4-17-32-27/h3-11,17,21,24H,1-2,12-16,18-20H2/t21-/m1/s1. The highest BCUT2D eigenvalue weighted by Crippen LogP contribution is 2.41. The van der Waals surface area contributed by atoms with Gasteiger partial charge >= 0.3 is 0 Å². The number of hydrogen-bond donors (Lipinski definition) is 0. The van der Waals surface area contributed by atoms with Crippen LogP contribution in [0.4, 0.5) is 0 Å². The molecule has 2 aromatic carbocycles. The molecule has 0 radical (unpaired) electrons. The summed E-state index contributed by atoms with van der Waals surface area (Å²) in [6.45, 7) is 2.21. The summed E-state index contributed by atoms with van der Waals surface area (Å²) in [7, 11) is 0. The highest BCUT2D eigenvalue weighted by Gasteiger charge is 2.50. The number of likely N-dealkylation sites (tertiary alicyclic amines) is 1. The Bertz CT molecular complexity index is 1400. The van der Waals surface area contributed by atoms with Crippen molar-refractivity contribution in [2.75, 3.05) is 19.6 Å². The van der Waals surface area contributed by atoms with Gasteiger partial charge in [-0.3, -0.25) is 24.5 Å². The SMILES string of the molecule is O=C(C1CC1)N1CC[C@@H](CN2C(=O)C3(CCCC3)N=C2c2ccc(-c3cccc4ncccc34)cc2)C1. The summed E-state index contributed by atoms with van der Waals surface area (Å²) in [6.07, 6.45) is 8.63. The van der Waals surface area contributed by atoms with E-state index < -0.39 is 5.54 Å². The number of amidine groups is 1. The van der Waals surface area contributed by atoms with Gasteiger partial charge in [-0.05, 0) is 61.3 Å². The van der Waals surface area contributed by atoms with Crippen LogP contribution in [0.5, 0.6) is 0 Å². The molecule has 0 bridgehead atoms. The van der Waals surface area contributed by atoms with E-state index in [1.807, 2.05) is 34.2 Å². The summed E-state index contributed by atoms with van der Waals surface area (Å²) < 4.78 is 0. The van der Waals surface area contributed by atoms with Crippen LogP contribution >= 0.6 is 0 Å². The van der Waals surface area contributed by atoms with E-state index in [1.165, 1.54) is 0 Å². The Morgan fingerprint density at radius 1 is 0.946 bits per heavy atom. The van der Waals surface area contributed by atoms with Gasteiger partial charge in [-0.15, -0.1) is 0 Å². The van der Waals surface area contributed by atoms with Crippen molar-refractivity contribution in [1.82, 2.24) is 14.8 Å². The van der Waals surface area contributed by atoms with Crippen LogP contribution < -0.4 is 0 Å². The molecule has 0 N–H and O–H groups in total. The number of pyridine rings is 1. The average Bonchev–Trinajstić information content (AvgIpc) is 3.39. The molecule has 1 aromatic heterocycles. The van der Waals surface area contributed by atoms with Crippen molar-refractivity contribution in [1.29, 1.82) is 0 Å². The van der Waals surface area contributed by atoms with Crippen LogP contribution in [0.1, 0.15) is 50.5 Å². The van der Waals surface area contributed by atoms with Gasteiger partial charge in [0.25, 0.3) is 5.91 Å². The monoisotopic (exact) mass is 492 g/mol. The molecular weight excluding hydrogens is 460 g/mol. The highest BCUT2D eigenvalue weighted by molar-refractivity contribution is 6.15. The first kappa shape index (κ1) is 22.6. The number of carbonyl (C=O) groups excluding carboxylic acids is 2. The van der Waals surface area contributed by atoms with E-state index in [2.05, 4.69) is 41.4 Å². The molecule has 1 spiro atoms. The lowest BCUT2D eigenvalue weighted by Crippen LogP contribution is -2.44. The van der Waals surface area contributed by atoms with E-state index in [-0.39, 0.29) is 11.8 Å². The third-order valence-corrected chi connectivity index (χ3v) is 8.71. The maximum atomic E-state index is 13.8. The van der Waals surface area contributed by atoms with E-state index in [0.717, 1.165) is 91.5 Å². The van der Waals surface area contributed by atoms with Crippen molar-refractivity contribution in [2.45, 2.75) is 50.5 Å². The Kier molecular flexibility index (Phi) is 5.38. The molecule has 1 saturated heterocycles. The molecule has 3 fully saturated rings. The van der Waals surface area contributed by atoms with Crippen LogP contribution in [0.15, 0.2) is 65.8 Å². The zero-order valence-corrected chi connectivity index (χ0v) is 21.1. The fourth-order valence-electron chi connectivity index (χ4n) is 6.52. The molecule has 7 rings (SSSR count). The largest absolute Gasteiger partial charge is 0.342 e. The number of rotatable bonds is 5. The summed E-state index contributed by atoms with van der Waals surface area (Å²) in [5.74, 6) is 1.84. The number of benzene rings is 2. The fourth-order valence-corrected chi connectivity index (χ4v) is 6.52. The summed E-state index contributed by atoms with van der Waals surface area (Å²) >= 11 is 0. The lowest BCUT2D eigenvalue weighted by atomic mass is 9.97. The van der Waals surface area contributed by atoms with Crippen LogP contribution in [-0.2, 0) is 9.59 Å². The zero-order chi connectivity index (χ0) is 25.0. The van der Waals surface area contributed by atoms with Crippen LogP contribution in [0.25, 0.3) is 22.0 Å². The number of carbonyl (C=O) groups is 2. The number of aliphatic imine (C=N–C) groups is 1. The van der Waals surface area contributed by atoms with Crippen LogP contribution in [-0.4, -0.2) is 57.6 Å². The lowest BCUT2D eigenvalue weighted by Gasteiger charge is -2.25. The second-order valence-corrected chi connectivity index (χ2v) is 11.3. The number of aromatic nitrogens is 1. The summed E-state index contributed by atoms with van der Waals surface area (Å²) in [5.41, 5.74) is 3.66. The molecule has 2 aliphatic carbocycles. The molecule has 2 aliphatic heterocycles. The topological polar surface area (TPSA) is 65.9 Å². The minimum Gasteiger partial charge on any atom is -0.342 e. The van der Waals surface area contributed by atoms with Crippen LogP contribution in [0.3, 0.4) is 0 Å². The molecule has 2 amide bonds. The van der Waals surface area contributed by atoms with Crippen molar-refractivity contribution < 1.29 is 9.59 Å². The predicted molar refractivity (Wildman–Crippen MR) is 144 cm³/mol. The van der Waals surface area contributed by atoms with Crippen molar-refractivity contribution in [3.63, 3.8) is 0 Å². The number of fused-ring (bicyclic) bond motifs is 1. The van der Waals surface area contributed by atoms with Crippen molar-refractivity contribution in [3.8, 4) is 11.1 Å². The molecule has 0 unspecified atom stereocenters. The molecule has 3 heterocycles. The van der Waals surface area contributed by atoms with Gasteiger partial charge < -0.3 is 4.90 Å². The molecule has 1 atom stereocenters. The molecular formula is C31H32N4O2. The van der Waals surface area contributed by atoms with Crippen LogP contribution in [0, 0.1) is 11.8 Å². The van der Waals surface area contributed by atoms with Crippen LogP contribution in [0.2, 0.25) is 0 Å². The second-order valence-electron chi connectivity index (χ2n) is 11.3. The fraction of sp³-hybridized carbons (Fsp3) is 0.419. The Morgan fingerprint density at radius 3 is 2.51 bits per heavy atom. The average molecular weight is 493 g/mol. The summed E-state index contributed by atoms with van der Waals surface area (Å²) in [6, 6.07) is 18.8. The summed E-state index contributed by atoms with van der Waals surface area (Å²) in [4.78, 5) is 40.0. The molecule has 6 heteroatoms. The van der Waals surface area contributed by atoms with Gasteiger partial charge in [0, 0.05) is 42.7 Å². The first-order chi connectivity index (χ1) is 18.1. The van der Waals surface area contributed by atoms with Gasteiger partial charge in [-0.25, -0.2) is 0 Å².